The minimum Gasteiger partial charge on any atom is -0.489 e. The number of pyridine rings is 1. The number of benzene rings is 1. The van der Waals surface area contributed by atoms with E-state index in [1.54, 1.807) is 0 Å². The number of ether oxygens (including phenoxy) is 2. The molecule has 0 saturated carbocycles. The predicted octanol–water partition coefficient (Wildman–Crippen LogP) is 4.55. The zero-order valence-corrected chi connectivity index (χ0v) is 15.6. The average Bonchev–Trinajstić information content (AvgIpc) is 3.31. The van der Waals surface area contributed by atoms with Crippen LogP contribution in [0.15, 0.2) is 36.8 Å². The van der Waals surface area contributed by atoms with Gasteiger partial charge in [-0.2, -0.15) is 0 Å². The van der Waals surface area contributed by atoms with Gasteiger partial charge < -0.3 is 14.0 Å². The number of imidazole rings is 1. The van der Waals surface area contributed by atoms with Crippen LogP contribution < -0.4 is 4.74 Å². The number of fused-ring (bicyclic) bond motifs is 1. The van der Waals surface area contributed by atoms with Crippen LogP contribution in [0.4, 0.5) is 0 Å². The number of para-hydroxylation sites is 1. The zero-order chi connectivity index (χ0) is 18.1. The summed E-state index contributed by atoms with van der Waals surface area (Å²) in [5, 5.41) is 1.12. The molecule has 1 fully saturated rings. The van der Waals surface area contributed by atoms with Crippen molar-refractivity contribution in [1.82, 2.24) is 14.5 Å². The molecule has 0 N–H and O–H groups in total. The van der Waals surface area contributed by atoms with Crippen molar-refractivity contribution >= 4 is 10.9 Å². The van der Waals surface area contributed by atoms with Crippen molar-refractivity contribution in [2.75, 3.05) is 13.2 Å². The fourth-order valence-electron chi connectivity index (χ4n) is 3.51. The molecular weight excluding hydrogens is 326 g/mol. The van der Waals surface area contributed by atoms with Crippen LogP contribution in [0.1, 0.15) is 38.3 Å². The van der Waals surface area contributed by atoms with E-state index in [1.807, 2.05) is 24.7 Å². The molecule has 0 radical (unpaired) electrons. The summed E-state index contributed by atoms with van der Waals surface area (Å²) in [4.78, 5) is 9.26. The highest BCUT2D eigenvalue weighted by atomic mass is 16.5. The molecule has 0 spiro atoms. The molecule has 0 amide bonds. The first kappa shape index (κ1) is 17.0. The summed E-state index contributed by atoms with van der Waals surface area (Å²) in [7, 11) is 0. The number of hydrogen-bond donors (Lipinski definition) is 0. The number of aryl methyl sites for hydroxylation is 1. The fourth-order valence-corrected chi connectivity index (χ4v) is 3.51. The summed E-state index contributed by atoms with van der Waals surface area (Å²) in [5.41, 5.74) is 4.04. The van der Waals surface area contributed by atoms with Crippen LogP contribution in [-0.2, 0) is 4.74 Å². The van der Waals surface area contributed by atoms with Crippen LogP contribution in [0.2, 0.25) is 0 Å². The molecule has 3 heterocycles. The fraction of sp³-hybridized carbons (Fsp3) is 0.429. The van der Waals surface area contributed by atoms with Crippen LogP contribution in [0.3, 0.4) is 0 Å². The van der Waals surface area contributed by atoms with Gasteiger partial charge in [-0.15, -0.1) is 0 Å². The number of nitrogens with zero attached hydrogens (tertiary/aromatic N) is 3. The van der Waals surface area contributed by atoms with E-state index in [4.69, 9.17) is 14.5 Å². The summed E-state index contributed by atoms with van der Waals surface area (Å²) < 4.78 is 13.9. The molecule has 5 heteroatoms. The summed E-state index contributed by atoms with van der Waals surface area (Å²) in [6.07, 6.45) is 6.11. The Morgan fingerprint density at radius 1 is 1.35 bits per heavy atom. The first-order chi connectivity index (χ1) is 12.6. The minimum atomic E-state index is 0.192. The highest BCUT2D eigenvalue weighted by Crippen LogP contribution is 2.31. The molecule has 136 valence electrons. The zero-order valence-electron chi connectivity index (χ0n) is 15.6. The van der Waals surface area contributed by atoms with Gasteiger partial charge in [-0.3, -0.25) is 0 Å². The number of rotatable bonds is 5. The van der Waals surface area contributed by atoms with Gasteiger partial charge in [-0.1, -0.05) is 12.1 Å². The lowest BCUT2D eigenvalue weighted by molar-refractivity contribution is 0.0684. The van der Waals surface area contributed by atoms with Gasteiger partial charge in [0.15, 0.2) is 0 Å². The third-order valence-corrected chi connectivity index (χ3v) is 4.94. The molecule has 1 atom stereocenters. The van der Waals surface area contributed by atoms with Gasteiger partial charge in [-0.25, -0.2) is 9.97 Å². The molecule has 0 bridgehead atoms. The summed E-state index contributed by atoms with van der Waals surface area (Å²) in [6, 6.07) is 8.58. The normalized spacial score (nSPS) is 17.3. The third kappa shape index (κ3) is 3.19. The molecular formula is C21H25N3O2. The molecule has 1 saturated heterocycles. The molecule has 5 nitrogen and oxygen atoms in total. The summed E-state index contributed by atoms with van der Waals surface area (Å²) in [5.74, 6) is 0.818. The minimum absolute atomic E-state index is 0.192. The van der Waals surface area contributed by atoms with Crippen molar-refractivity contribution in [2.45, 2.75) is 45.8 Å². The van der Waals surface area contributed by atoms with Crippen LogP contribution in [0.25, 0.3) is 22.3 Å². The van der Waals surface area contributed by atoms with Crippen molar-refractivity contribution in [3.8, 4) is 17.1 Å². The largest absolute Gasteiger partial charge is 0.489 e. The molecule has 1 unspecified atom stereocenters. The molecule has 1 aliphatic rings. The Balaban J connectivity index is 1.74. The Labute approximate surface area is 154 Å². The van der Waals surface area contributed by atoms with Crippen molar-refractivity contribution < 1.29 is 9.47 Å². The van der Waals surface area contributed by atoms with Gasteiger partial charge in [-0.05, 0) is 51.3 Å². The van der Waals surface area contributed by atoms with E-state index < -0.39 is 0 Å². The van der Waals surface area contributed by atoms with E-state index in [0.717, 1.165) is 47.5 Å². The van der Waals surface area contributed by atoms with Crippen LogP contribution >= 0.6 is 0 Å². The SMILES string of the molecule is Cc1cc(-c2cncn2C(C)C)nc2c(OCC3CCCO3)cccc12. The lowest BCUT2D eigenvalue weighted by Crippen LogP contribution is -2.16. The molecule has 2 aromatic heterocycles. The highest BCUT2D eigenvalue weighted by Gasteiger charge is 2.18. The van der Waals surface area contributed by atoms with Crippen LogP contribution in [0.5, 0.6) is 5.75 Å². The van der Waals surface area contributed by atoms with Gasteiger partial charge >= 0.3 is 0 Å². The van der Waals surface area contributed by atoms with Gasteiger partial charge in [0.05, 0.1) is 30.0 Å². The Morgan fingerprint density at radius 3 is 3.00 bits per heavy atom. The second-order valence-corrected chi connectivity index (χ2v) is 7.20. The van der Waals surface area contributed by atoms with E-state index in [2.05, 4.69) is 42.5 Å². The lowest BCUT2D eigenvalue weighted by Gasteiger charge is -2.15. The van der Waals surface area contributed by atoms with E-state index in [-0.39, 0.29) is 6.10 Å². The van der Waals surface area contributed by atoms with Crippen molar-refractivity contribution in [3.05, 3.63) is 42.4 Å². The summed E-state index contributed by atoms with van der Waals surface area (Å²) in [6.45, 7) is 7.83. The third-order valence-electron chi connectivity index (χ3n) is 4.94. The molecule has 26 heavy (non-hydrogen) atoms. The standard InChI is InChI=1S/C21H25N3O2/c1-14(2)24-13-22-11-19(24)18-10-15(3)17-7-4-8-20(21(17)23-18)26-12-16-6-5-9-25-16/h4,7-8,10-11,13-14,16H,5-6,9,12H2,1-3H3. The van der Waals surface area contributed by atoms with Gasteiger partial charge in [0.1, 0.15) is 17.9 Å². The first-order valence-corrected chi connectivity index (χ1v) is 9.30. The molecule has 1 aliphatic heterocycles. The molecule has 3 aromatic rings. The maximum atomic E-state index is 6.10. The number of hydrogen-bond acceptors (Lipinski definition) is 4. The Bertz CT molecular complexity index is 911. The monoisotopic (exact) mass is 351 g/mol. The topological polar surface area (TPSA) is 49.2 Å². The number of aromatic nitrogens is 3. The van der Waals surface area contributed by atoms with Crippen molar-refractivity contribution in [1.29, 1.82) is 0 Å². The summed E-state index contributed by atoms with van der Waals surface area (Å²) >= 11 is 0. The maximum absolute atomic E-state index is 6.10. The quantitative estimate of drug-likeness (QED) is 0.677. The Hall–Kier alpha value is -2.40. The van der Waals surface area contributed by atoms with E-state index in [1.165, 1.54) is 5.56 Å². The smallest absolute Gasteiger partial charge is 0.145 e. The predicted molar refractivity (Wildman–Crippen MR) is 103 cm³/mol. The van der Waals surface area contributed by atoms with E-state index in [0.29, 0.717) is 12.6 Å². The highest BCUT2D eigenvalue weighted by molar-refractivity contribution is 5.89. The maximum Gasteiger partial charge on any atom is 0.145 e. The van der Waals surface area contributed by atoms with Crippen LogP contribution in [-0.4, -0.2) is 33.9 Å². The van der Waals surface area contributed by atoms with Gasteiger partial charge in [0, 0.05) is 18.0 Å². The Morgan fingerprint density at radius 2 is 2.23 bits per heavy atom. The van der Waals surface area contributed by atoms with Crippen molar-refractivity contribution in [2.24, 2.45) is 0 Å². The lowest BCUT2D eigenvalue weighted by atomic mass is 10.1. The van der Waals surface area contributed by atoms with Gasteiger partial charge in [0.2, 0.25) is 0 Å². The van der Waals surface area contributed by atoms with E-state index >= 15 is 0 Å². The average molecular weight is 351 g/mol. The van der Waals surface area contributed by atoms with Crippen molar-refractivity contribution in [3.63, 3.8) is 0 Å². The van der Waals surface area contributed by atoms with E-state index in [9.17, 15) is 0 Å². The Kier molecular flexibility index (Phi) is 4.64. The molecule has 0 aliphatic carbocycles. The van der Waals surface area contributed by atoms with Crippen LogP contribution in [0, 0.1) is 6.92 Å². The van der Waals surface area contributed by atoms with Gasteiger partial charge in [0.25, 0.3) is 0 Å². The molecule has 4 rings (SSSR count). The molecule has 1 aromatic carbocycles. The first-order valence-electron chi connectivity index (χ1n) is 9.30. The second-order valence-electron chi connectivity index (χ2n) is 7.20. The second kappa shape index (κ2) is 7.08.